The quantitative estimate of drug-likeness (QED) is 0.871. The highest BCUT2D eigenvalue weighted by molar-refractivity contribution is 5.85. The van der Waals surface area contributed by atoms with Gasteiger partial charge in [0.1, 0.15) is 0 Å². The molecular weight excluding hydrogens is 286 g/mol. The number of benzene rings is 1. The average molecular weight is 312 g/mol. The first-order valence-corrected chi connectivity index (χ1v) is 7.43. The fraction of sp³-hybridized carbons (Fsp3) is 0.562. The van der Waals surface area contributed by atoms with Crippen molar-refractivity contribution in [3.8, 4) is 0 Å². The smallest absolute Gasteiger partial charge is 0.234 e. The van der Waals surface area contributed by atoms with Gasteiger partial charge in [0.2, 0.25) is 5.91 Å². The van der Waals surface area contributed by atoms with Gasteiger partial charge in [0.05, 0.1) is 6.54 Å². The summed E-state index contributed by atoms with van der Waals surface area (Å²) in [6.07, 6.45) is 2.25. The largest absolute Gasteiger partial charge is 0.351 e. The van der Waals surface area contributed by atoms with E-state index < -0.39 is 0 Å². The molecule has 1 aromatic rings. The number of amides is 1. The molecule has 2 atom stereocenters. The minimum Gasteiger partial charge on any atom is -0.351 e. The topological polar surface area (TPSA) is 58.4 Å². The SMILES string of the molecule is CC1CCN(CC(=O)NCc2ccccc2)C(CN)C1.Cl. The highest BCUT2D eigenvalue weighted by atomic mass is 35.5. The number of hydrogen-bond acceptors (Lipinski definition) is 3. The van der Waals surface area contributed by atoms with Gasteiger partial charge in [0.25, 0.3) is 0 Å². The van der Waals surface area contributed by atoms with E-state index in [9.17, 15) is 4.79 Å². The van der Waals surface area contributed by atoms with Gasteiger partial charge in [-0.1, -0.05) is 37.3 Å². The molecule has 0 aliphatic carbocycles. The van der Waals surface area contributed by atoms with Gasteiger partial charge < -0.3 is 11.1 Å². The lowest BCUT2D eigenvalue weighted by Gasteiger charge is -2.37. The number of nitrogens with one attached hydrogen (secondary N) is 1. The molecule has 0 bridgehead atoms. The number of rotatable bonds is 5. The summed E-state index contributed by atoms with van der Waals surface area (Å²) >= 11 is 0. The molecule has 1 amide bonds. The van der Waals surface area contributed by atoms with Gasteiger partial charge in [0.15, 0.2) is 0 Å². The zero-order chi connectivity index (χ0) is 14.4. The Hall–Kier alpha value is -1.10. The van der Waals surface area contributed by atoms with E-state index in [2.05, 4.69) is 17.1 Å². The first kappa shape index (κ1) is 18.0. The minimum absolute atomic E-state index is 0. The monoisotopic (exact) mass is 311 g/mol. The summed E-state index contributed by atoms with van der Waals surface area (Å²) in [4.78, 5) is 14.3. The van der Waals surface area contributed by atoms with Gasteiger partial charge in [-0.25, -0.2) is 0 Å². The number of nitrogens with two attached hydrogens (primary N) is 1. The Morgan fingerprint density at radius 1 is 1.38 bits per heavy atom. The van der Waals surface area contributed by atoms with Crippen LogP contribution in [0.3, 0.4) is 0 Å². The van der Waals surface area contributed by atoms with Gasteiger partial charge in [-0.2, -0.15) is 0 Å². The molecular formula is C16H26ClN3O. The zero-order valence-electron chi connectivity index (χ0n) is 12.6. The molecule has 2 unspecified atom stereocenters. The second-order valence-electron chi connectivity index (χ2n) is 5.75. The highest BCUT2D eigenvalue weighted by Gasteiger charge is 2.26. The molecule has 1 saturated heterocycles. The van der Waals surface area contributed by atoms with Crippen LogP contribution in [0, 0.1) is 5.92 Å². The van der Waals surface area contributed by atoms with Gasteiger partial charge in [-0.3, -0.25) is 9.69 Å². The van der Waals surface area contributed by atoms with Crippen molar-refractivity contribution in [1.29, 1.82) is 0 Å². The Balaban J connectivity index is 0.00000220. The molecule has 1 aromatic carbocycles. The third kappa shape index (κ3) is 5.65. The van der Waals surface area contributed by atoms with Crippen LogP contribution in [0.1, 0.15) is 25.3 Å². The van der Waals surface area contributed by atoms with Crippen molar-refractivity contribution in [1.82, 2.24) is 10.2 Å². The van der Waals surface area contributed by atoms with E-state index in [4.69, 9.17) is 5.73 Å². The normalized spacial score (nSPS) is 22.4. The van der Waals surface area contributed by atoms with Gasteiger partial charge >= 0.3 is 0 Å². The average Bonchev–Trinajstić information content (AvgIpc) is 2.48. The van der Waals surface area contributed by atoms with Gasteiger partial charge in [-0.05, 0) is 30.9 Å². The van der Waals surface area contributed by atoms with Crippen molar-refractivity contribution in [2.24, 2.45) is 11.7 Å². The first-order chi connectivity index (χ1) is 9.69. The number of piperidine rings is 1. The van der Waals surface area contributed by atoms with Crippen LogP contribution in [0.2, 0.25) is 0 Å². The molecule has 0 radical (unpaired) electrons. The molecule has 3 N–H and O–H groups in total. The molecule has 1 fully saturated rings. The number of nitrogens with zero attached hydrogens (tertiary/aromatic N) is 1. The third-order valence-corrected chi connectivity index (χ3v) is 4.05. The Labute approximate surface area is 133 Å². The number of likely N-dealkylation sites (tertiary alicyclic amines) is 1. The van der Waals surface area contributed by atoms with Crippen LogP contribution < -0.4 is 11.1 Å². The van der Waals surface area contributed by atoms with Crippen molar-refractivity contribution in [2.75, 3.05) is 19.6 Å². The second-order valence-corrected chi connectivity index (χ2v) is 5.75. The van der Waals surface area contributed by atoms with Crippen molar-refractivity contribution < 1.29 is 4.79 Å². The molecule has 2 rings (SSSR count). The van der Waals surface area contributed by atoms with Crippen molar-refractivity contribution in [3.63, 3.8) is 0 Å². The predicted molar refractivity (Wildman–Crippen MR) is 88.4 cm³/mol. The summed E-state index contributed by atoms with van der Waals surface area (Å²) < 4.78 is 0. The lowest BCUT2D eigenvalue weighted by Crippen LogP contribution is -2.50. The van der Waals surface area contributed by atoms with E-state index in [-0.39, 0.29) is 18.3 Å². The van der Waals surface area contributed by atoms with Crippen LogP contribution in [0.4, 0.5) is 0 Å². The van der Waals surface area contributed by atoms with E-state index in [0.29, 0.717) is 31.6 Å². The summed E-state index contributed by atoms with van der Waals surface area (Å²) in [5.74, 6) is 0.800. The maximum Gasteiger partial charge on any atom is 0.234 e. The maximum absolute atomic E-state index is 12.0. The van der Waals surface area contributed by atoms with Gasteiger partial charge in [-0.15, -0.1) is 12.4 Å². The highest BCUT2D eigenvalue weighted by Crippen LogP contribution is 2.21. The van der Waals surface area contributed by atoms with Gasteiger partial charge in [0, 0.05) is 19.1 Å². The van der Waals surface area contributed by atoms with Crippen molar-refractivity contribution in [3.05, 3.63) is 35.9 Å². The molecule has 1 aliphatic rings. The minimum atomic E-state index is 0. The van der Waals surface area contributed by atoms with Crippen molar-refractivity contribution in [2.45, 2.75) is 32.4 Å². The molecule has 0 aromatic heterocycles. The lowest BCUT2D eigenvalue weighted by atomic mass is 9.92. The molecule has 5 heteroatoms. The molecule has 4 nitrogen and oxygen atoms in total. The Kier molecular flexibility index (Phi) is 7.72. The predicted octanol–water partition coefficient (Wildman–Crippen LogP) is 1.78. The fourth-order valence-corrected chi connectivity index (χ4v) is 2.79. The summed E-state index contributed by atoms with van der Waals surface area (Å²) in [7, 11) is 0. The third-order valence-electron chi connectivity index (χ3n) is 4.05. The molecule has 1 aliphatic heterocycles. The van der Waals surface area contributed by atoms with Crippen molar-refractivity contribution >= 4 is 18.3 Å². The van der Waals surface area contributed by atoms with E-state index in [1.807, 2.05) is 30.3 Å². The van der Waals surface area contributed by atoms with Crippen LogP contribution in [-0.4, -0.2) is 36.5 Å². The van der Waals surface area contributed by atoms with Crippen LogP contribution in [-0.2, 0) is 11.3 Å². The first-order valence-electron chi connectivity index (χ1n) is 7.43. The fourth-order valence-electron chi connectivity index (χ4n) is 2.79. The Bertz CT molecular complexity index is 427. The number of halogens is 1. The van der Waals surface area contributed by atoms with Crippen LogP contribution >= 0.6 is 12.4 Å². The Morgan fingerprint density at radius 2 is 2.10 bits per heavy atom. The van der Waals surface area contributed by atoms with E-state index in [1.165, 1.54) is 0 Å². The van der Waals surface area contributed by atoms with Crippen LogP contribution in [0.5, 0.6) is 0 Å². The summed E-state index contributed by atoms with van der Waals surface area (Å²) in [6.45, 7) is 4.92. The second kappa shape index (κ2) is 9.03. The van der Waals surface area contributed by atoms with E-state index in [0.717, 1.165) is 24.9 Å². The Morgan fingerprint density at radius 3 is 2.76 bits per heavy atom. The zero-order valence-corrected chi connectivity index (χ0v) is 13.4. The molecule has 0 saturated carbocycles. The van der Waals surface area contributed by atoms with Crippen LogP contribution in [0.15, 0.2) is 30.3 Å². The molecule has 0 spiro atoms. The lowest BCUT2D eigenvalue weighted by molar-refractivity contribution is -0.123. The summed E-state index contributed by atoms with van der Waals surface area (Å²) in [6, 6.07) is 10.3. The molecule has 1 heterocycles. The number of hydrogen-bond donors (Lipinski definition) is 2. The van der Waals surface area contributed by atoms with E-state index >= 15 is 0 Å². The number of carbonyl (C=O) groups is 1. The molecule has 21 heavy (non-hydrogen) atoms. The maximum atomic E-state index is 12.0. The molecule has 118 valence electrons. The summed E-state index contributed by atoms with van der Waals surface area (Å²) in [5.41, 5.74) is 6.95. The standard InChI is InChI=1S/C16H25N3O.ClH/c1-13-7-8-19(15(9-13)10-17)12-16(20)18-11-14-5-3-2-4-6-14;/h2-6,13,15H,7-12,17H2,1H3,(H,18,20);1H. The van der Waals surface area contributed by atoms with E-state index in [1.54, 1.807) is 0 Å². The van der Waals surface area contributed by atoms with Crippen LogP contribution in [0.25, 0.3) is 0 Å². The summed E-state index contributed by atoms with van der Waals surface area (Å²) in [5, 5.41) is 2.98. The number of carbonyl (C=O) groups excluding carboxylic acids is 1.